The summed E-state index contributed by atoms with van der Waals surface area (Å²) in [6, 6.07) is 5.05. The van der Waals surface area contributed by atoms with Crippen LogP contribution >= 0.6 is 0 Å². The number of hydrogen-bond donors (Lipinski definition) is 1. The summed E-state index contributed by atoms with van der Waals surface area (Å²) in [4.78, 5) is 28.6. The van der Waals surface area contributed by atoms with Crippen molar-refractivity contribution in [2.45, 2.75) is 51.2 Å². The Balaban J connectivity index is 1.66. The minimum Gasteiger partial charge on any atom is -0.504 e. The van der Waals surface area contributed by atoms with Gasteiger partial charge in [0.2, 0.25) is 0 Å². The number of benzene rings is 1. The van der Waals surface area contributed by atoms with Crippen molar-refractivity contribution in [2.24, 2.45) is 0 Å². The third-order valence-electron chi connectivity index (χ3n) is 5.65. The van der Waals surface area contributed by atoms with Crippen LogP contribution in [0.1, 0.15) is 49.9 Å². The van der Waals surface area contributed by atoms with E-state index in [0.29, 0.717) is 32.5 Å². The SMILES string of the molecule is CCC[C@H](C)N1CC2(CCN(C(=O)c3cccc(OC)c3O)CC2)OC1=O. The van der Waals surface area contributed by atoms with Gasteiger partial charge in [-0.25, -0.2) is 4.79 Å². The first-order valence-electron chi connectivity index (χ1n) is 9.55. The van der Waals surface area contributed by atoms with E-state index in [1.165, 1.54) is 7.11 Å². The molecule has 2 heterocycles. The number of phenols is 1. The first-order valence-corrected chi connectivity index (χ1v) is 9.55. The van der Waals surface area contributed by atoms with Gasteiger partial charge in [0, 0.05) is 32.0 Å². The van der Waals surface area contributed by atoms with Gasteiger partial charge in [0.1, 0.15) is 5.60 Å². The summed E-state index contributed by atoms with van der Waals surface area (Å²) >= 11 is 0. The van der Waals surface area contributed by atoms with Gasteiger partial charge in [-0.05, 0) is 25.5 Å². The number of methoxy groups -OCH3 is 1. The number of carbonyl (C=O) groups is 2. The third kappa shape index (κ3) is 3.68. The van der Waals surface area contributed by atoms with E-state index < -0.39 is 5.60 Å². The number of para-hydroxylation sites is 1. The van der Waals surface area contributed by atoms with E-state index in [0.717, 1.165) is 12.8 Å². The number of nitrogens with zero attached hydrogens (tertiary/aromatic N) is 2. The molecule has 2 aliphatic rings. The highest BCUT2D eigenvalue weighted by Gasteiger charge is 2.48. The number of rotatable bonds is 5. The zero-order chi connectivity index (χ0) is 19.6. The number of likely N-dealkylation sites (tertiary alicyclic amines) is 1. The maximum absolute atomic E-state index is 12.8. The highest BCUT2D eigenvalue weighted by atomic mass is 16.6. The van der Waals surface area contributed by atoms with E-state index in [-0.39, 0.29) is 35.1 Å². The number of carbonyl (C=O) groups excluding carboxylic acids is 2. The smallest absolute Gasteiger partial charge is 0.410 e. The van der Waals surface area contributed by atoms with Crippen LogP contribution < -0.4 is 4.74 Å². The lowest BCUT2D eigenvalue weighted by molar-refractivity contribution is 0.00299. The number of piperidine rings is 1. The fraction of sp³-hybridized carbons (Fsp3) is 0.600. The minimum absolute atomic E-state index is 0.142. The van der Waals surface area contributed by atoms with Crippen molar-refractivity contribution in [3.8, 4) is 11.5 Å². The topological polar surface area (TPSA) is 79.3 Å². The van der Waals surface area contributed by atoms with E-state index >= 15 is 0 Å². The highest BCUT2D eigenvalue weighted by molar-refractivity contribution is 5.97. The Kier molecular flexibility index (Phi) is 5.48. The predicted molar refractivity (Wildman–Crippen MR) is 100 cm³/mol. The summed E-state index contributed by atoms with van der Waals surface area (Å²) in [5.74, 6) is -0.0986. The lowest BCUT2D eigenvalue weighted by atomic mass is 9.90. The van der Waals surface area contributed by atoms with E-state index in [1.807, 2.05) is 11.8 Å². The molecule has 27 heavy (non-hydrogen) atoms. The van der Waals surface area contributed by atoms with Gasteiger partial charge in [-0.1, -0.05) is 19.4 Å². The summed E-state index contributed by atoms with van der Waals surface area (Å²) in [5, 5.41) is 10.2. The van der Waals surface area contributed by atoms with Crippen LogP contribution in [0.15, 0.2) is 18.2 Å². The minimum atomic E-state index is -0.508. The Morgan fingerprint density at radius 2 is 2.07 bits per heavy atom. The van der Waals surface area contributed by atoms with Gasteiger partial charge in [-0.3, -0.25) is 4.79 Å². The summed E-state index contributed by atoms with van der Waals surface area (Å²) in [7, 11) is 1.45. The van der Waals surface area contributed by atoms with Crippen molar-refractivity contribution in [1.82, 2.24) is 9.80 Å². The van der Waals surface area contributed by atoms with Gasteiger partial charge in [0.15, 0.2) is 11.5 Å². The van der Waals surface area contributed by atoms with Crippen molar-refractivity contribution >= 4 is 12.0 Å². The molecule has 7 nitrogen and oxygen atoms in total. The van der Waals surface area contributed by atoms with Gasteiger partial charge in [-0.2, -0.15) is 0 Å². The molecule has 0 radical (unpaired) electrons. The standard InChI is InChI=1S/C20H28N2O5/c1-4-6-14(2)22-13-20(27-19(22)25)9-11-21(12-10-20)18(24)15-7-5-8-16(26-3)17(15)23/h5,7-8,14,23H,4,6,9-13H2,1-3H3/t14-/m0/s1. The van der Waals surface area contributed by atoms with Crippen LogP contribution in [-0.2, 0) is 4.74 Å². The van der Waals surface area contributed by atoms with Crippen LogP contribution in [-0.4, -0.2) is 65.3 Å². The molecule has 2 aliphatic heterocycles. The number of hydrogen-bond acceptors (Lipinski definition) is 5. The first-order chi connectivity index (χ1) is 12.9. The predicted octanol–water partition coefficient (Wildman–Crippen LogP) is 3.02. The average molecular weight is 376 g/mol. The van der Waals surface area contributed by atoms with Crippen LogP contribution in [0, 0.1) is 0 Å². The molecule has 0 aliphatic carbocycles. The molecule has 1 atom stereocenters. The molecular formula is C20H28N2O5. The highest BCUT2D eigenvalue weighted by Crippen LogP contribution is 2.36. The molecule has 7 heteroatoms. The molecule has 3 rings (SSSR count). The van der Waals surface area contributed by atoms with E-state index in [4.69, 9.17) is 9.47 Å². The quantitative estimate of drug-likeness (QED) is 0.855. The van der Waals surface area contributed by atoms with Gasteiger partial charge in [0.25, 0.3) is 5.91 Å². The fourth-order valence-corrected chi connectivity index (χ4v) is 3.97. The molecule has 0 unspecified atom stereocenters. The first kappa shape index (κ1) is 19.3. The molecule has 2 fully saturated rings. The van der Waals surface area contributed by atoms with Crippen molar-refractivity contribution in [1.29, 1.82) is 0 Å². The monoisotopic (exact) mass is 376 g/mol. The van der Waals surface area contributed by atoms with Gasteiger partial charge in [0.05, 0.1) is 19.2 Å². The molecule has 2 amide bonds. The summed E-state index contributed by atoms with van der Waals surface area (Å²) in [6.45, 7) is 5.71. The third-order valence-corrected chi connectivity index (χ3v) is 5.65. The summed E-state index contributed by atoms with van der Waals surface area (Å²) in [6.07, 6.45) is 2.92. The summed E-state index contributed by atoms with van der Waals surface area (Å²) < 4.78 is 10.8. The molecule has 0 saturated carbocycles. The van der Waals surface area contributed by atoms with Crippen LogP contribution in [0.25, 0.3) is 0 Å². The fourth-order valence-electron chi connectivity index (χ4n) is 3.97. The van der Waals surface area contributed by atoms with Crippen molar-refractivity contribution in [2.75, 3.05) is 26.7 Å². The van der Waals surface area contributed by atoms with Crippen LogP contribution in [0.2, 0.25) is 0 Å². The molecule has 1 aromatic rings. The van der Waals surface area contributed by atoms with Crippen LogP contribution in [0.3, 0.4) is 0 Å². The Morgan fingerprint density at radius 3 is 2.70 bits per heavy atom. The normalized spacial score (nSPS) is 19.9. The Bertz CT molecular complexity index is 712. The maximum atomic E-state index is 12.8. The number of aromatic hydroxyl groups is 1. The second-order valence-electron chi connectivity index (χ2n) is 7.47. The van der Waals surface area contributed by atoms with Crippen LogP contribution in [0.5, 0.6) is 11.5 Å². The molecule has 0 bridgehead atoms. The molecular weight excluding hydrogens is 348 g/mol. The molecule has 1 spiro atoms. The average Bonchev–Trinajstić information content (AvgIpc) is 2.98. The number of phenolic OH excluding ortho intramolecular Hbond substituents is 1. The van der Waals surface area contributed by atoms with E-state index in [1.54, 1.807) is 23.1 Å². The Hall–Kier alpha value is -2.44. The number of amides is 2. The van der Waals surface area contributed by atoms with Crippen LogP contribution in [0.4, 0.5) is 4.79 Å². The second-order valence-corrected chi connectivity index (χ2v) is 7.47. The van der Waals surface area contributed by atoms with E-state index in [9.17, 15) is 14.7 Å². The van der Waals surface area contributed by atoms with Crippen molar-refractivity contribution < 1.29 is 24.2 Å². The van der Waals surface area contributed by atoms with Gasteiger partial charge >= 0.3 is 6.09 Å². The molecule has 1 aromatic carbocycles. The zero-order valence-electron chi connectivity index (χ0n) is 16.2. The number of ether oxygens (including phenoxy) is 2. The van der Waals surface area contributed by atoms with Gasteiger partial charge < -0.3 is 24.4 Å². The molecule has 2 saturated heterocycles. The second kappa shape index (κ2) is 7.66. The molecule has 0 aromatic heterocycles. The Labute approximate surface area is 159 Å². The summed E-state index contributed by atoms with van der Waals surface area (Å²) in [5.41, 5.74) is -0.279. The van der Waals surface area contributed by atoms with Crippen molar-refractivity contribution in [3.05, 3.63) is 23.8 Å². The van der Waals surface area contributed by atoms with Crippen molar-refractivity contribution in [3.63, 3.8) is 0 Å². The zero-order valence-corrected chi connectivity index (χ0v) is 16.2. The lowest BCUT2D eigenvalue weighted by Crippen LogP contribution is -2.49. The lowest BCUT2D eigenvalue weighted by Gasteiger charge is -2.37. The molecule has 1 N–H and O–H groups in total. The largest absolute Gasteiger partial charge is 0.504 e. The Morgan fingerprint density at radius 1 is 1.37 bits per heavy atom. The maximum Gasteiger partial charge on any atom is 0.410 e. The van der Waals surface area contributed by atoms with E-state index in [2.05, 4.69) is 6.92 Å². The molecule has 148 valence electrons. The van der Waals surface area contributed by atoms with Gasteiger partial charge in [-0.15, -0.1) is 0 Å².